The average molecular weight is 242 g/mol. The van der Waals surface area contributed by atoms with E-state index in [9.17, 15) is 4.79 Å². The van der Waals surface area contributed by atoms with Gasteiger partial charge in [0.2, 0.25) is 0 Å². The van der Waals surface area contributed by atoms with Crippen LogP contribution in [0.4, 0.5) is 0 Å². The molecule has 1 amide bonds. The van der Waals surface area contributed by atoms with Crippen molar-refractivity contribution in [2.24, 2.45) is 11.7 Å². The van der Waals surface area contributed by atoms with Gasteiger partial charge in [-0.2, -0.15) is 0 Å². The Balaban J connectivity index is 2.01. The van der Waals surface area contributed by atoms with Crippen molar-refractivity contribution in [3.05, 3.63) is 35.9 Å². The third-order valence-corrected chi connectivity index (χ3v) is 3.31. The van der Waals surface area contributed by atoms with E-state index in [1.807, 2.05) is 30.3 Å². The zero-order valence-corrected chi connectivity index (χ0v) is 10.6. The molecule has 1 saturated carbocycles. The first-order valence-electron chi connectivity index (χ1n) is 6.26. The lowest BCUT2D eigenvalue weighted by atomic mass is 10.1. The Labute approximate surface area is 108 Å². The van der Waals surface area contributed by atoms with Crippen LogP contribution < -0.4 is 5.73 Å². The van der Waals surface area contributed by atoms with Crippen LogP contribution in [0.15, 0.2) is 30.3 Å². The Morgan fingerprint density at radius 2 is 2.11 bits per heavy atom. The van der Waals surface area contributed by atoms with Crippen molar-refractivity contribution in [2.75, 3.05) is 13.6 Å². The summed E-state index contributed by atoms with van der Waals surface area (Å²) in [6.45, 7) is 0.514. The van der Waals surface area contributed by atoms with Gasteiger partial charge < -0.3 is 10.6 Å². The van der Waals surface area contributed by atoms with Crippen LogP contribution in [0.2, 0.25) is 0 Å². The molecule has 0 aliphatic heterocycles. The van der Waals surface area contributed by atoms with E-state index in [1.54, 1.807) is 11.9 Å². The minimum absolute atomic E-state index is 0.141. The second-order valence-electron chi connectivity index (χ2n) is 4.67. The van der Waals surface area contributed by atoms with Gasteiger partial charge in [0.25, 0.3) is 5.91 Å². The molecule has 0 heterocycles. The Hall–Kier alpha value is -1.79. The Morgan fingerprint density at radius 3 is 2.67 bits per heavy atom. The van der Waals surface area contributed by atoms with Gasteiger partial charge in [0.1, 0.15) is 0 Å². The summed E-state index contributed by atoms with van der Waals surface area (Å²) in [6, 6.07) is 9.67. The van der Waals surface area contributed by atoms with E-state index in [2.05, 4.69) is 11.8 Å². The van der Waals surface area contributed by atoms with E-state index in [4.69, 9.17) is 5.73 Å². The van der Waals surface area contributed by atoms with Crippen molar-refractivity contribution in [3.63, 3.8) is 0 Å². The minimum atomic E-state index is -0.152. The molecule has 1 fully saturated rings. The number of hydrogen-bond acceptors (Lipinski definition) is 2. The first kappa shape index (κ1) is 12.7. The number of nitrogens with two attached hydrogens (primary N) is 1. The SMILES string of the molecule is CN(C(=O)C#Cc1ccccc1)C(CN)C1CC1. The van der Waals surface area contributed by atoms with E-state index in [0.29, 0.717) is 12.5 Å². The maximum absolute atomic E-state index is 11.9. The topological polar surface area (TPSA) is 46.3 Å². The molecule has 0 radical (unpaired) electrons. The van der Waals surface area contributed by atoms with E-state index < -0.39 is 0 Å². The average Bonchev–Trinajstić information content (AvgIpc) is 3.22. The van der Waals surface area contributed by atoms with Crippen molar-refractivity contribution < 1.29 is 4.79 Å². The number of likely N-dealkylation sites (N-methyl/N-ethyl adjacent to an activating group) is 1. The molecule has 1 unspecified atom stereocenters. The molecule has 3 heteroatoms. The van der Waals surface area contributed by atoms with Crippen LogP contribution in [-0.2, 0) is 4.79 Å². The minimum Gasteiger partial charge on any atom is -0.330 e. The van der Waals surface area contributed by atoms with E-state index in [-0.39, 0.29) is 11.9 Å². The van der Waals surface area contributed by atoms with Crippen LogP contribution in [0.1, 0.15) is 18.4 Å². The van der Waals surface area contributed by atoms with Gasteiger partial charge in [0.05, 0.1) is 0 Å². The van der Waals surface area contributed by atoms with Gasteiger partial charge in [-0.1, -0.05) is 24.1 Å². The number of carbonyl (C=O) groups excluding carboxylic acids is 1. The summed E-state index contributed by atoms with van der Waals surface area (Å²) < 4.78 is 0. The molecule has 1 aromatic carbocycles. The van der Waals surface area contributed by atoms with Gasteiger partial charge >= 0.3 is 0 Å². The molecule has 1 aliphatic carbocycles. The Bertz CT molecular complexity index is 468. The quantitative estimate of drug-likeness (QED) is 0.810. The molecular formula is C15H18N2O. The molecule has 0 bridgehead atoms. The lowest BCUT2D eigenvalue weighted by molar-refractivity contribution is -0.126. The van der Waals surface area contributed by atoms with Gasteiger partial charge in [-0.15, -0.1) is 0 Å². The van der Waals surface area contributed by atoms with E-state index >= 15 is 0 Å². The van der Waals surface area contributed by atoms with Crippen LogP contribution >= 0.6 is 0 Å². The fourth-order valence-corrected chi connectivity index (χ4v) is 2.03. The van der Waals surface area contributed by atoms with Crippen LogP contribution in [0.3, 0.4) is 0 Å². The Kier molecular flexibility index (Phi) is 4.01. The second kappa shape index (κ2) is 5.70. The molecular weight excluding hydrogens is 224 g/mol. The number of carbonyl (C=O) groups is 1. The second-order valence-corrected chi connectivity index (χ2v) is 4.67. The van der Waals surface area contributed by atoms with Crippen molar-refractivity contribution in [3.8, 4) is 11.8 Å². The molecule has 94 valence electrons. The molecule has 3 nitrogen and oxygen atoms in total. The standard InChI is InChI=1S/C15H18N2O/c1-17(14(11-16)13-8-9-13)15(18)10-7-12-5-3-2-4-6-12/h2-6,13-14H,8-9,11,16H2,1H3. The number of benzene rings is 1. The highest BCUT2D eigenvalue weighted by molar-refractivity contribution is 5.94. The highest BCUT2D eigenvalue weighted by Gasteiger charge is 2.34. The fourth-order valence-electron chi connectivity index (χ4n) is 2.03. The number of rotatable bonds is 3. The molecule has 0 saturated heterocycles. The summed E-state index contributed by atoms with van der Waals surface area (Å²) in [6.07, 6.45) is 2.34. The van der Waals surface area contributed by atoms with Crippen LogP contribution in [0.5, 0.6) is 0 Å². The van der Waals surface area contributed by atoms with E-state index in [0.717, 1.165) is 5.56 Å². The van der Waals surface area contributed by atoms with Gasteiger partial charge in [0, 0.05) is 31.1 Å². The normalized spacial score (nSPS) is 15.4. The molecule has 18 heavy (non-hydrogen) atoms. The third kappa shape index (κ3) is 3.12. The molecule has 1 aromatic rings. The number of nitrogens with zero attached hydrogens (tertiary/aromatic N) is 1. The van der Waals surface area contributed by atoms with Crippen molar-refractivity contribution >= 4 is 5.91 Å². The van der Waals surface area contributed by atoms with Crippen molar-refractivity contribution in [1.82, 2.24) is 4.90 Å². The molecule has 1 aliphatic rings. The molecule has 2 rings (SSSR count). The van der Waals surface area contributed by atoms with Crippen LogP contribution in [0.25, 0.3) is 0 Å². The van der Waals surface area contributed by atoms with Crippen molar-refractivity contribution in [1.29, 1.82) is 0 Å². The predicted molar refractivity (Wildman–Crippen MR) is 71.7 cm³/mol. The number of hydrogen-bond donors (Lipinski definition) is 1. The summed E-state index contributed by atoms with van der Waals surface area (Å²) in [5.74, 6) is 5.98. The zero-order valence-electron chi connectivity index (χ0n) is 10.6. The summed E-state index contributed by atoms with van der Waals surface area (Å²) >= 11 is 0. The molecule has 1 atom stereocenters. The van der Waals surface area contributed by atoms with Crippen LogP contribution in [-0.4, -0.2) is 30.4 Å². The third-order valence-electron chi connectivity index (χ3n) is 3.31. The summed E-state index contributed by atoms with van der Waals surface area (Å²) in [7, 11) is 1.79. The molecule has 0 aromatic heterocycles. The predicted octanol–water partition coefficient (Wildman–Crippen LogP) is 1.23. The van der Waals surface area contributed by atoms with Gasteiger partial charge in [-0.3, -0.25) is 4.79 Å². The lowest BCUT2D eigenvalue weighted by Crippen LogP contribution is -2.42. The fraction of sp³-hybridized carbons (Fsp3) is 0.400. The van der Waals surface area contributed by atoms with Crippen molar-refractivity contribution in [2.45, 2.75) is 18.9 Å². The monoisotopic (exact) mass is 242 g/mol. The zero-order chi connectivity index (χ0) is 13.0. The summed E-state index contributed by atoms with van der Waals surface area (Å²) in [5, 5.41) is 0. The maximum atomic E-state index is 11.9. The van der Waals surface area contributed by atoms with Crippen LogP contribution in [0, 0.1) is 17.8 Å². The smallest absolute Gasteiger partial charge is 0.298 e. The maximum Gasteiger partial charge on any atom is 0.298 e. The van der Waals surface area contributed by atoms with E-state index in [1.165, 1.54) is 12.8 Å². The highest BCUT2D eigenvalue weighted by atomic mass is 16.2. The Morgan fingerprint density at radius 1 is 1.44 bits per heavy atom. The largest absolute Gasteiger partial charge is 0.330 e. The first-order chi connectivity index (χ1) is 8.72. The lowest BCUT2D eigenvalue weighted by Gasteiger charge is -2.24. The first-order valence-corrected chi connectivity index (χ1v) is 6.26. The number of amides is 1. The van der Waals surface area contributed by atoms with Gasteiger partial charge in [-0.05, 0) is 30.9 Å². The van der Waals surface area contributed by atoms with Gasteiger partial charge in [-0.25, -0.2) is 0 Å². The summed E-state index contributed by atoms with van der Waals surface area (Å²) in [5.41, 5.74) is 6.57. The summed E-state index contributed by atoms with van der Waals surface area (Å²) in [4.78, 5) is 13.6. The highest BCUT2D eigenvalue weighted by Crippen LogP contribution is 2.34. The molecule has 0 spiro atoms. The molecule has 2 N–H and O–H groups in total. The van der Waals surface area contributed by atoms with Gasteiger partial charge in [0.15, 0.2) is 0 Å².